The fourth-order valence-electron chi connectivity index (χ4n) is 3.10. The molecule has 0 unspecified atom stereocenters. The Labute approximate surface area is 182 Å². The second-order valence-electron chi connectivity index (χ2n) is 6.87. The maximum Gasteiger partial charge on any atom is 0.338 e. The van der Waals surface area contributed by atoms with Crippen molar-refractivity contribution in [2.75, 3.05) is 20.8 Å². The first-order chi connectivity index (χ1) is 15.1. The van der Waals surface area contributed by atoms with E-state index >= 15 is 0 Å². The Bertz CT molecular complexity index is 963. The summed E-state index contributed by atoms with van der Waals surface area (Å²) in [5.74, 6) is 0.0419. The third kappa shape index (κ3) is 6.09. The molecule has 0 bridgehead atoms. The van der Waals surface area contributed by atoms with Crippen molar-refractivity contribution in [1.82, 2.24) is 4.90 Å². The monoisotopic (exact) mass is 419 g/mol. The molecule has 160 valence electrons. The van der Waals surface area contributed by atoms with Gasteiger partial charge in [-0.25, -0.2) is 4.79 Å². The van der Waals surface area contributed by atoms with Crippen LogP contribution in [0.4, 0.5) is 0 Å². The van der Waals surface area contributed by atoms with E-state index in [-0.39, 0.29) is 18.1 Å². The van der Waals surface area contributed by atoms with Gasteiger partial charge in [-0.1, -0.05) is 60.7 Å². The quantitative estimate of drug-likeness (QED) is 0.489. The largest absolute Gasteiger partial charge is 0.493 e. The molecule has 0 radical (unpaired) electrons. The number of methoxy groups -OCH3 is 2. The number of esters is 1. The smallest absolute Gasteiger partial charge is 0.338 e. The minimum Gasteiger partial charge on any atom is -0.493 e. The van der Waals surface area contributed by atoms with E-state index in [1.54, 1.807) is 17.0 Å². The molecular weight excluding hydrogens is 394 g/mol. The number of ether oxygens (including phenoxy) is 3. The molecule has 0 aliphatic rings. The van der Waals surface area contributed by atoms with Crippen LogP contribution in [0, 0.1) is 0 Å². The van der Waals surface area contributed by atoms with Crippen LogP contribution in [-0.2, 0) is 22.6 Å². The summed E-state index contributed by atoms with van der Waals surface area (Å²) in [4.78, 5) is 27.1. The van der Waals surface area contributed by atoms with Gasteiger partial charge in [-0.2, -0.15) is 0 Å². The second-order valence-corrected chi connectivity index (χ2v) is 6.87. The molecule has 0 N–H and O–H groups in total. The molecule has 6 nitrogen and oxygen atoms in total. The highest BCUT2D eigenvalue weighted by Crippen LogP contribution is 2.27. The Morgan fingerprint density at radius 2 is 1.29 bits per heavy atom. The Hall–Kier alpha value is -3.80. The van der Waals surface area contributed by atoms with E-state index in [4.69, 9.17) is 14.2 Å². The summed E-state index contributed by atoms with van der Waals surface area (Å²) in [6.07, 6.45) is 0. The molecule has 3 rings (SSSR count). The predicted octanol–water partition coefficient (Wildman–Crippen LogP) is 4.09. The standard InChI is InChI=1S/C25H25NO5/c1-29-22-14-13-21(15-23(22)30-2)25(28)31-18-24(27)26(16-19-9-5-3-6-10-19)17-20-11-7-4-8-12-20/h3-15H,16-18H2,1-2H3. The van der Waals surface area contributed by atoms with Gasteiger partial charge in [-0.05, 0) is 29.3 Å². The van der Waals surface area contributed by atoms with E-state index in [1.807, 2.05) is 60.7 Å². The molecule has 0 spiro atoms. The van der Waals surface area contributed by atoms with Crippen molar-refractivity contribution in [1.29, 1.82) is 0 Å². The minimum absolute atomic E-state index is 0.276. The van der Waals surface area contributed by atoms with Crippen LogP contribution in [0.2, 0.25) is 0 Å². The van der Waals surface area contributed by atoms with Gasteiger partial charge >= 0.3 is 5.97 Å². The van der Waals surface area contributed by atoms with Crippen LogP contribution in [-0.4, -0.2) is 37.6 Å². The fraction of sp³-hybridized carbons (Fsp3) is 0.200. The molecule has 0 atom stereocenters. The molecule has 0 fully saturated rings. The zero-order valence-electron chi connectivity index (χ0n) is 17.6. The van der Waals surface area contributed by atoms with Gasteiger partial charge in [0.25, 0.3) is 5.91 Å². The number of amides is 1. The molecule has 0 saturated carbocycles. The maximum absolute atomic E-state index is 12.9. The molecule has 0 aromatic heterocycles. The molecule has 31 heavy (non-hydrogen) atoms. The lowest BCUT2D eigenvalue weighted by Crippen LogP contribution is -2.33. The van der Waals surface area contributed by atoms with E-state index in [1.165, 1.54) is 20.3 Å². The van der Waals surface area contributed by atoms with Gasteiger partial charge in [-0.3, -0.25) is 4.79 Å². The van der Waals surface area contributed by atoms with E-state index in [9.17, 15) is 9.59 Å². The van der Waals surface area contributed by atoms with Crippen LogP contribution < -0.4 is 9.47 Å². The topological polar surface area (TPSA) is 65.1 Å². The number of nitrogens with zero attached hydrogens (tertiary/aromatic N) is 1. The Balaban J connectivity index is 1.68. The first-order valence-corrected chi connectivity index (χ1v) is 9.85. The summed E-state index contributed by atoms with van der Waals surface area (Å²) in [6.45, 7) is 0.484. The lowest BCUT2D eigenvalue weighted by Gasteiger charge is -2.23. The number of hydrogen-bond donors (Lipinski definition) is 0. The van der Waals surface area contributed by atoms with E-state index in [0.717, 1.165) is 11.1 Å². The summed E-state index contributed by atoms with van der Waals surface area (Å²) in [5.41, 5.74) is 2.28. The van der Waals surface area contributed by atoms with Crippen molar-refractivity contribution >= 4 is 11.9 Å². The maximum atomic E-state index is 12.9. The highest BCUT2D eigenvalue weighted by molar-refractivity contribution is 5.92. The van der Waals surface area contributed by atoms with Crippen LogP contribution in [0.5, 0.6) is 11.5 Å². The molecule has 3 aromatic carbocycles. The highest BCUT2D eigenvalue weighted by atomic mass is 16.5. The number of benzene rings is 3. The van der Waals surface area contributed by atoms with Gasteiger partial charge in [0.05, 0.1) is 19.8 Å². The zero-order valence-corrected chi connectivity index (χ0v) is 17.6. The number of carbonyl (C=O) groups excluding carboxylic acids is 2. The lowest BCUT2D eigenvalue weighted by atomic mass is 10.1. The van der Waals surface area contributed by atoms with Gasteiger partial charge in [-0.15, -0.1) is 0 Å². The van der Waals surface area contributed by atoms with Gasteiger partial charge < -0.3 is 19.1 Å². The van der Waals surface area contributed by atoms with Crippen molar-refractivity contribution in [3.05, 3.63) is 95.6 Å². The lowest BCUT2D eigenvalue weighted by molar-refractivity contribution is -0.135. The van der Waals surface area contributed by atoms with E-state index in [2.05, 4.69) is 0 Å². The molecule has 6 heteroatoms. The van der Waals surface area contributed by atoms with Crippen molar-refractivity contribution in [3.63, 3.8) is 0 Å². The zero-order chi connectivity index (χ0) is 22.1. The Kier molecular flexibility index (Phi) is 7.65. The Morgan fingerprint density at radius 3 is 1.81 bits per heavy atom. The summed E-state index contributed by atoms with van der Waals surface area (Å²) in [5, 5.41) is 0. The Morgan fingerprint density at radius 1 is 0.742 bits per heavy atom. The van der Waals surface area contributed by atoms with Gasteiger partial charge in [0.1, 0.15) is 0 Å². The summed E-state index contributed by atoms with van der Waals surface area (Å²) >= 11 is 0. The van der Waals surface area contributed by atoms with Gasteiger partial charge in [0.2, 0.25) is 0 Å². The number of carbonyl (C=O) groups is 2. The highest BCUT2D eigenvalue weighted by Gasteiger charge is 2.18. The normalized spacial score (nSPS) is 10.3. The summed E-state index contributed by atoms with van der Waals surface area (Å²) in [7, 11) is 3.00. The van der Waals surface area contributed by atoms with Crippen molar-refractivity contribution in [3.8, 4) is 11.5 Å². The van der Waals surface area contributed by atoms with Crippen molar-refractivity contribution in [2.24, 2.45) is 0 Å². The van der Waals surface area contributed by atoms with Crippen LogP contribution in [0.3, 0.4) is 0 Å². The number of rotatable bonds is 9. The first-order valence-electron chi connectivity index (χ1n) is 9.85. The molecule has 3 aromatic rings. The second kappa shape index (κ2) is 10.8. The fourth-order valence-corrected chi connectivity index (χ4v) is 3.10. The summed E-state index contributed by atoms with van der Waals surface area (Å²) < 4.78 is 15.7. The molecule has 1 amide bonds. The predicted molar refractivity (Wildman–Crippen MR) is 117 cm³/mol. The average molecular weight is 419 g/mol. The average Bonchev–Trinajstić information content (AvgIpc) is 2.82. The molecule has 0 heterocycles. The van der Waals surface area contributed by atoms with Crippen LogP contribution >= 0.6 is 0 Å². The summed E-state index contributed by atoms with van der Waals surface area (Å²) in [6, 6.07) is 24.1. The van der Waals surface area contributed by atoms with E-state index < -0.39 is 5.97 Å². The van der Waals surface area contributed by atoms with Crippen LogP contribution in [0.1, 0.15) is 21.5 Å². The molecular formula is C25H25NO5. The van der Waals surface area contributed by atoms with Crippen LogP contribution in [0.25, 0.3) is 0 Å². The first kappa shape index (κ1) is 21.9. The van der Waals surface area contributed by atoms with Crippen LogP contribution in [0.15, 0.2) is 78.9 Å². The number of hydrogen-bond acceptors (Lipinski definition) is 5. The minimum atomic E-state index is -0.603. The van der Waals surface area contributed by atoms with Crippen molar-refractivity contribution < 1.29 is 23.8 Å². The third-order valence-corrected chi connectivity index (χ3v) is 4.73. The SMILES string of the molecule is COc1ccc(C(=O)OCC(=O)N(Cc2ccccc2)Cc2ccccc2)cc1OC. The molecule has 0 aliphatic heterocycles. The molecule has 0 saturated heterocycles. The van der Waals surface area contributed by atoms with Crippen molar-refractivity contribution in [2.45, 2.75) is 13.1 Å². The van der Waals surface area contributed by atoms with E-state index in [0.29, 0.717) is 24.6 Å². The van der Waals surface area contributed by atoms with Gasteiger partial charge in [0, 0.05) is 13.1 Å². The third-order valence-electron chi connectivity index (χ3n) is 4.73. The molecule has 0 aliphatic carbocycles. The van der Waals surface area contributed by atoms with Gasteiger partial charge in [0.15, 0.2) is 18.1 Å².